The Hall–Kier alpha value is -1.49. The summed E-state index contributed by atoms with van der Waals surface area (Å²) >= 11 is 5.60. The Kier molecular flexibility index (Phi) is 3.91. The van der Waals surface area contributed by atoms with Gasteiger partial charge in [0.2, 0.25) is 5.91 Å². The van der Waals surface area contributed by atoms with Crippen molar-refractivity contribution in [3.8, 4) is 0 Å². The molecule has 18 heavy (non-hydrogen) atoms. The Bertz CT molecular complexity index is 461. The highest BCUT2D eigenvalue weighted by Crippen LogP contribution is 2.23. The second-order valence-electron chi connectivity index (χ2n) is 4.41. The van der Waals surface area contributed by atoms with Gasteiger partial charge >= 0.3 is 0 Å². The maximum absolute atomic E-state index is 12.1. The van der Waals surface area contributed by atoms with Crippen LogP contribution >= 0.6 is 11.6 Å². The molecule has 0 N–H and O–H groups in total. The van der Waals surface area contributed by atoms with Crippen LogP contribution in [0.1, 0.15) is 36.7 Å². The van der Waals surface area contributed by atoms with E-state index >= 15 is 0 Å². The molecular formula is C12H14ClN3O2. The summed E-state index contributed by atoms with van der Waals surface area (Å²) in [6, 6.07) is 2.98. The third-order valence-electron chi connectivity index (χ3n) is 3.00. The summed E-state index contributed by atoms with van der Waals surface area (Å²) < 4.78 is 0. The predicted molar refractivity (Wildman–Crippen MR) is 66.1 cm³/mol. The van der Waals surface area contributed by atoms with Crippen molar-refractivity contribution in [1.29, 1.82) is 0 Å². The normalized spacial score (nSPS) is 19.3. The zero-order chi connectivity index (χ0) is 13.1. The van der Waals surface area contributed by atoms with Gasteiger partial charge in [-0.1, -0.05) is 24.9 Å². The number of carbonyl (C=O) groups is 2. The van der Waals surface area contributed by atoms with Crippen molar-refractivity contribution in [2.24, 2.45) is 5.92 Å². The first-order valence-corrected chi connectivity index (χ1v) is 6.33. The van der Waals surface area contributed by atoms with Crippen molar-refractivity contribution in [1.82, 2.24) is 15.1 Å². The van der Waals surface area contributed by atoms with E-state index in [0.717, 1.165) is 12.8 Å². The number of halogens is 1. The van der Waals surface area contributed by atoms with Gasteiger partial charge in [0.15, 0.2) is 10.8 Å². The van der Waals surface area contributed by atoms with Crippen LogP contribution in [0.3, 0.4) is 0 Å². The molecule has 2 heterocycles. The largest absolute Gasteiger partial charge is 0.280 e. The number of nitrogens with zero attached hydrogens (tertiary/aromatic N) is 3. The highest BCUT2D eigenvalue weighted by molar-refractivity contribution is 6.29. The third kappa shape index (κ3) is 2.67. The molecule has 1 aliphatic rings. The molecule has 5 nitrogen and oxygen atoms in total. The van der Waals surface area contributed by atoms with Crippen molar-refractivity contribution in [3.63, 3.8) is 0 Å². The van der Waals surface area contributed by atoms with Crippen LogP contribution in [-0.2, 0) is 4.79 Å². The maximum atomic E-state index is 12.1. The van der Waals surface area contributed by atoms with Gasteiger partial charge in [-0.2, -0.15) is 0 Å². The Balaban J connectivity index is 2.10. The topological polar surface area (TPSA) is 63.2 Å². The molecule has 2 amide bonds. The first-order chi connectivity index (χ1) is 8.61. The number of hydrogen-bond donors (Lipinski definition) is 0. The molecule has 1 aromatic heterocycles. The first-order valence-electron chi connectivity index (χ1n) is 5.95. The Labute approximate surface area is 110 Å². The smallest absolute Gasteiger partial charge is 0.277 e. The lowest BCUT2D eigenvalue weighted by Crippen LogP contribution is -2.33. The van der Waals surface area contributed by atoms with Gasteiger partial charge in [0, 0.05) is 13.0 Å². The van der Waals surface area contributed by atoms with Crippen molar-refractivity contribution >= 4 is 23.4 Å². The van der Waals surface area contributed by atoms with E-state index < -0.39 is 0 Å². The number of rotatable bonds is 3. The molecule has 0 radical (unpaired) electrons. The monoisotopic (exact) mass is 267 g/mol. The second kappa shape index (κ2) is 5.44. The minimum Gasteiger partial charge on any atom is -0.277 e. The molecular weight excluding hydrogens is 254 g/mol. The van der Waals surface area contributed by atoms with E-state index in [1.807, 2.05) is 0 Å². The molecule has 0 aliphatic carbocycles. The van der Waals surface area contributed by atoms with Gasteiger partial charge in [-0.15, -0.1) is 10.2 Å². The fraction of sp³-hybridized carbons (Fsp3) is 0.500. The molecule has 1 saturated heterocycles. The fourth-order valence-corrected chi connectivity index (χ4v) is 2.25. The molecule has 96 valence electrons. The number of imide groups is 1. The molecule has 2 rings (SSSR count). The molecule has 0 saturated carbocycles. The molecule has 1 aliphatic heterocycles. The van der Waals surface area contributed by atoms with Gasteiger partial charge in [-0.25, -0.2) is 0 Å². The van der Waals surface area contributed by atoms with Gasteiger partial charge in [0.25, 0.3) is 5.91 Å². The Morgan fingerprint density at radius 1 is 1.50 bits per heavy atom. The average Bonchev–Trinajstić information content (AvgIpc) is 2.71. The van der Waals surface area contributed by atoms with Gasteiger partial charge in [-0.3, -0.25) is 14.5 Å². The van der Waals surface area contributed by atoms with Crippen molar-refractivity contribution < 1.29 is 9.59 Å². The van der Waals surface area contributed by atoms with E-state index in [0.29, 0.717) is 13.0 Å². The SMILES string of the molecule is CCCC1CC(=O)N(C(=O)c2ccc(Cl)nn2)C1. The van der Waals surface area contributed by atoms with Gasteiger partial charge < -0.3 is 0 Å². The quantitative estimate of drug-likeness (QED) is 0.785. The summed E-state index contributed by atoms with van der Waals surface area (Å²) in [4.78, 5) is 25.1. The summed E-state index contributed by atoms with van der Waals surface area (Å²) in [5.74, 6) is -0.246. The third-order valence-corrected chi connectivity index (χ3v) is 3.20. The van der Waals surface area contributed by atoms with Gasteiger partial charge in [0.05, 0.1) is 0 Å². The molecule has 1 atom stereocenters. The molecule has 0 aromatic carbocycles. The first kappa shape index (κ1) is 13.0. The Morgan fingerprint density at radius 2 is 2.28 bits per heavy atom. The van der Waals surface area contributed by atoms with E-state index in [9.17, 15) is 9.59 Å². The van der Waals surface area contributed by atoms with Crippen LogP contribution in [0.25, 0.3) is 0 Å². The predicted octanol–water partition coefficient (Wildman–Crippen LogP) is 1.92. The van der Waals surface area contributed by atoms with Crippen molar-refractivity contribution in [2.75, 3.05) is 6.54 Å². The number of carbonyl (C=O) groups excluding carboxylic acids is 2. The highest BCUT2D eigenvalue weighted by Gasteiger charge is 2.34. The minimum atomic E-state index is -0.386. The number of amides is 2. The van der Waals surface area contributed by atoms with Crippen LogP contribution in [0.5, 0.6) is 0 Å². The summed E-state index contributed by atoms with van der Waals surface area (Å²) in [6.07, 6.45) is 2.42. The van der Waals surface area contributed by atoms with Crippen LogP contribution in [0, 0.1) is 5.92 Å². The second-order valence-corrected chi connectivity index (χ2v) is 4.80. The van der Waals surface area contributed by atoms with E-state index in [-0.39, 0.29) is 28.6 Å². The molecule has 0 bridgehead atoms. The van der Waals surface area contributed by atoms with Crippen LogP contribution < -0.4 is 0 Å². The summed E-state index contributed by atoms with van der Waals surface area (Å²) in [5.41, 5.74) is 0.157. The van der Waals surface area contributed by atoms with E-state index in [1.165, 1.54) is 17.0 Å². The number of likely N-dealkylation sites (tertiary alicyclic amines) is 1. The summed E-state index contributed by atoms with van der Waals surface area (Å²) in [6.45, 7) is 2.55. The van der Waals surface area contributed by atoms with Crippen LogP contribution in [-0.4, -0.2) is 33.5 Å². The molecule has 1 unspecified atom stereocenters. The lowest BCUT2D eigenvalue weighted by molar-refractivity contribution is -0.125. The van der Waals surface area contributed by atoms with E-state index in [1.54, 1.807) is 0 Å². The molecule has 1 aromatic rings. The number of hydrogen-bond acceptors (Lipinski definition) is 4. The molecule has 1 fully saturated rings. The zero-order valence-electron chi connectivity index (χ0n) is 10.1. The lowest BCUT2D eigenvalue weighted by Gasteiger charge is -2.13. The Morgan fingerprint density at radius 3 is 2.89 bits per heavy atom. The summed E-state index contributed by atoms with van der Waals surface area (Å²) in [5, 5.41) is 7.54. The van der Waals surface area contributed by atoms with Crippen LogP contribution in [0.15, 0.2) is 12.1 Å². The standard InChI is InChI=1S/C12H14ClN3O2/c1-2-3-8-6-11(17)16(7-8)12(18)9-4-5-10(13)15-14-9/h4-5,8H,2-3,6-7H2,1H3. The number of aromatic nitrogens is 2. The maximum Gasteiger partial charge on any atom is 0.280 e. The zero-order valence-corrected chi connectivity index (χ0v) is 10.9. The van der Waals surface area contributed by atoms with Gasteiger partial charge in [-0.05, 0) is 24.5 Å². The molecule has 6 heteroatoms. The van der Waals surface area contributed by atoms with E-state index in [2.05, 4.69) is 17.1 Å². The van der Waals surface area contributed by atoms with Crippen molar-refractivity contribution in [3.05, 3.63) is 23.0 Å². The fourth-order valence-electron chi connectivity index (χ4n) is 2.15. The summed E-state index contributed by atoms with van der Waals surface area (Å²) in [7, 11) is 0. The minimum absolute atomic E-state index is 0.129. The van der Waals surface area contributed by atoms with Gasteiger partial charge in [0.1, 0.15) is 0 Å². The lowest BCUT2D eigenvalue weighted by atomic mass is 10.0. The van der Waals surface area contributed by atoms with Crippen LogP contribution in [0.4, 0.5) is 0 Å². The highest BCUT2D eigenvalue weighted by atomic mass is 35.5. The molecule has 0 spiro atoms. The van der Waals surface area contributed by atoms with Crippen molar-refractivity contribution in [2.45, 2.75) is 26.2 Å². The van der Waals surface area contributed by atoms with E-state index in [4.69, 9.17) is 11.6 Å². The average molecular weight is 268 g/mol. The van der Waals surface area contributed by atoms with Crippen LogP contribution in [0.2, 0.25) is 5.15 Å².